The van der Waals surface area contributed by atoms with E-state index in [1.807, 2.05) is 49.4 Å². The smallest absolute Gasteiger partial charge is 0.347 e. The lowest BCUT2D eigenvalue weighted by atomic mass is 10.0. The van der Waals surface area contributed by atoms with Gasteiger partial charge in [0, 0.05) is 24.2 Å². The zero-order valence-electron chi connectivity index (χ0n) is 24.2. The number of rotatable bonds is 12. The van der Waals surface area contributed by atoms with E-state index in [0.717, 1.165) is 39.2 Å². The summed E-state index contributed by atoms with van der Waals surface area (Å²) in [6.07, 6.45) is 0.509. The number of benzene rings is 4. The van der Waals surface area contributed by atoms with Crippen LogP contribution in [0.25, 0.3) is 11.1 Å². The van der Waals surface area contributed by atoms with Crippen LogP contribution in [0.15, 0.2) is 107 Å². The first-order valence-electron chi connectivity index (χ1n) is 13.9. The number of carbonyl (C=O) groups is 2. The third-order valence-electron chi connectivity index (χ3n) is 6.96. The Bertz CT molecular complexity index is 1950. The number of hydrogen-bond donors (Lipinski definition) is 4. The minimum absolute atomic E-state index is 0.183. The van der Waals surface area contributed by atoms with E-state index in [4.69, 9.17) is 4.74 Å². The zero-order chi connectivity index (χ0) is 32.0. The number of aryl methyl sites for hydroxylation is 1. The Morgan fingerprint density at radius 1 is 0.867 bits per heavy atom. The lowest BCUT2D eigenvalue weighted by molar-refractivity contribution is 0.0698. The molecule has 0 fully saturated rings. The maximum absolute atomic E-state index is 12.8. The summed E-state index contributed by atoms with van der Waals surface area (Å²) in [5.74, 6) is -0.613. The highest BCUT2D eigenvalue weighted by Crippen LogP contribution is 2.26. The van der Waals surface area contributed by atoms with Gasteiger partial charge in [0.1, 0.15) is 21.3 Å². The van der Waals surface area contributed by atoms with Crippen LogP contribution in [0.3, 0.4) is 0 Å². The van der Waals surface area contributed by atoms with E-state index >= 15 is 0 Å². The number of nitrogens with one attached hydrogen (secondary N) is 2. The number of aromatic hydroxyl groups is 1. The van der Waals surface area contributed by atoms with Gasteiger partial charge in [-0.2, -0.15) is 0 Å². The molecule has 1 amide bonds. The fourth-order valence-corrected chi connectivity index (χ4v) is 7.02. The van der Waals surface area contributed by atoms with Gasteiger partial charge >= 0.3 is 5.97 Å². The van der Waals surface area contributed by atoms with Gasteiger partial charge in [0.05, 0.1) is 6.61 Å². The molecule has 0 aliphatic carbocycles. The summed E-state index contributed by atoms with van der Waals surface area (Å²) in [5.41, 5.74) is 5.29. The highest BCUT2D eigenvalue weighted by atomic mass is 32.2. The molecule has 0 aliphatic rings. The number of carbonyl (C=O) groups excluding carboxylic acids is 1. The molecule has 1 aromatic heterocycles. The summed E-state index contributed by atoms with van der Waals surface area (Å²) >= 11 is 0.852. The molecular weight excluding hydrogens is 613 g/mol. The van der Waals surface area contributed by atoms with Crippen molar-refractivity contribution in [2.45, 2.75) is 24.8 Å². The first-order chi connectivity index (χ1) is 21.6. The fraction of sp³-hybridized carbons (Fsp3) is 0.118. The molecular formula is C34H30N2O7S2. The number of hydrogen-bond acceptors (Lipinski definition) is 7. The number of carboxylic acids is 1. The predicted molar refractivity (Wildman–Crippen MR) is 174 cm³/mol. The first-order valence-corrected chi connectivity index (χ1v) is 16.3. The number of phenolic OH excluding ortho intramolecular Hbond substituents is 1. The van der Waals surface area contributed by atoms with Crippen molar-refractivity contribution in [1.82, 2.24) is 5.32 Å². The quantitative estimate of drug-likeness (QED) is 0.122. The van der Waals surface area contributed by atoms with Gasteiger partial charge < -0.3 is 20.3 Å². The minimum atomic E-state index is -4.06. The molecule has 1 heterocycles. The van der Waals surface area contributed by atoms with Gasteiger partial charge in [-0.15, -0.1) is 11.3 Å². The van der Waals surface area contributed by atoms with Gasteiger partial charge in [-0.05, 0) is 88.7 Å². The standard InChI is InChI=1S/C34H30N2O7S2/c1-22-18-24(21-35-33(38)27-6-3-5-26(20-27)25-9-11-29(37)12-10-25)8-13-30(22)43-16-14-23-4-2-7-28(19-23)36-45(41,42)31-15-17-44-32(31)34(39)40/h2-13,15,17-20,36-37H,14,16,21H2,1H3,(H,35,38)(H,39,40). The second kappa shape index (κ2) is 13.7. The number of carboxylic acid groups (broad SMARTS) is 1. The number of amides is 1. The Morgan fingerprint density at radius 2 is 1.64 bits per heavy atom. The number of thiophene rings is 1. The molecule has 0 atom stereocenters. The Labute approximate surface area is 264 Å². The molecule has 0 unspecified atom stereocenters. The number of aromatic carboxylic acids is 1. The van der Waals surface area contributed by atoms with Gasteiger partial charge in [-0.1, -0.05) is 48.5 Å². The monoisotopic (exact) mass is 642 g/mol. The second-order valence-corrected chi connectivity index (χ2v) is 12.8. The SMILES string of the molecule is Cc1cc(CNC(=O)c2cccc(-c3ccc(O)cc3)c2)ccc1OCCc1cccc(NS(=O)(=O)c2ccsc2C(=O)O)c1. The van der Waals surface area contributed by atoms with Crippen molar-refractivity contribution in [3.63, 3.8) is 0 Å². The number of ether oxygens (including phenoxy) is 1. The maximum Gasteiger partial charge on any atom is 0.347 e. The van der Waals surface area contributed by atoms with Gasteiger partial charge in [0.15, 0.2) is 0 Å². The van der Waals surface area contributed by atoms with Crippen molar-refractivity contribution in [2.75, 3.05) is 11.3 Å². The van der Waals surface area contributed by atoms with Crippen LogP contribution in [0.5, 0.6) is 11.5 Å². The maximum atomic E-state index is 12.8. The van der Waals surface area contributed by atoms with Gasteiger partial charge in [0.2, 0.25) is 0 Å². The van der Waals surface area contributed by atoms with E-state index in [9.17, 15) is 28.2 Å². The molecule has 0 radical (unpaired) electrons. The molecule has 4 N–H and O–H groups in total. The lowest BCUT2D eigenvalue weighted by Gasteiger charge is -2.13. The van der Waals surface area contributed by atoms with Crippen LogP contribution in [0.2, 0.25) is 0 Å². The molecule has 11 heteroatoms. The van der Waals surface area contributed by atoms with Crippen LogP contribution in [-0.2, 0) is 23.0 Å². The Balaban J connectivity index is 1.14. The lowest BCUT2D eigenvalue weighted by Crippen LogP contribution is -2.22. The summed E-state index contributed by atoms with van der Waals surface area (Å²) in [6, 6.07) is 27.9. The summed E-state index contributed by atoms with van der Waals surface area (Å²) < 4.78 is 34.0. The molecule has 0 bridgehead atoms. The molecule has 5 rings (SSSR count). The number of sulfonamides is 1. The van der Waals surface area contributed by atoms with E-state index in [1.165, 1.54) is 11.4 Å². The van der Waals surface area contributed by atoms with E-state index in [1.54, 1.807) is 48.5 Å². The van der Waals surface area contributed by atoms with E-state index < -0.39 is 16.0 Å². The van der Waals surface area contributed by atoms with Crippen LogP contribution in [0.4, 0.5) is 5.69 Å². The number of anilines is 1. The first kappa shape index (κ1) is 31.3. The average Bonchev–Trinajstić information content (AvgIpc) is 3.53. The second-order valence-electron chi connectivity index (χ2n) is 10.2. The number of phenols is 1. The average molecular weight is 643 g/mol. The van der Waals surface area contributed by atoms with Gasteiger partial charge in [-0.3, -0.25) is 9.52 Å². The molecule has 0 spiro atoms. The zero-order valence-corrected chi connectivity index (χ0v) is 25.8. The van der Waals surface area contributed by atoms with Crippen molar-refractivity contribution >= 4 is 38.9 Å². The highest BCUT2D eigenvalue weighted by molar-refractivity contribution is 7.93. The van der Waals surface area contributed by atoms with Gasteiger partial charge in [0.25, 0.3) is 15.9 Å². The molecule has 0 saturated carbocycles. The van der Waals surface area contributed by atoms with E-state index in [2.05, 4.69) is 10.0 Å². The Hall–Kier alpha value is -5.13. The summed E-state index contributed by atoms with van der Waals surface area (Å²) in [7, 11) is -4.06. The van der Waals surface area contributed by atoms with Crippen LogP contribution in [-0.4, -0.2) is 37.1 Å². The van der Waals surface area contributed by atoms with Crippen LogP contribution >= 0.6 is 11.3 Å². The molecule has 0 saturated heterocycles. The van der Waals surface area contributed by atoms with Crippen molar-refractivity contribution in [3.8, 4) is 22.6 Å². The van der Waals surface area contributed by atoms with Crippen molar-refractivity contribution in [2.24, 2.45) is 0 Å². The third kappa shape index (κ3) is 7.88. The van der Waals surface area contributed by atoms with Gasteiger partial charge in [-0.25, -0.2) is 13.2 Å². The van der Waals surface area contributed by atoms with Crippen molar-refractivity contribution in [3.05, 3.63) is 130 Å². The minimum Gasteiger partial charge on any atom is -0.508 e. The summed E-state index contributed by atoms with van der Waals surface area (Å²) in [4.78, 5) is 23.7. The summed E-state index contributed by atoms with van der Waals surface area (Å²) in [5, 5.41) is 23.2. The van der Waals surface area contributed by atoms with Crippen LogP contribution in [0.1, 0.15) is 36.7 Å². The fourth-order valence-electron chi connectivity index (χ4n) is 4.71. The predicted octanol–water partition coefficient (Wildman–Crippen LogP) is 6.48. The van der Waals surface area contributed by atoms with Crippen LogP contribution < -0.4 is 14.8 Å². The molecule has 45 heavy (non-hydrogen) atoms. The highest BCUT2D eigenvalue weighted by Gasteiger charge is 2.24. The molecule has 5 aromatic rings. The Morgan fingerprint density at radius 3 is 2.40 bits per heavy atom. The van der Waals surface area contributed by atoms with Crippen molar-refractivity contribution < 1.29 is 33.0 Å². The molecule has 0 aliphatic heterocycles. The van der Waals surface area contributed by atoms with E-state index in [0.29, 0.717) is 36.6 Å². The van der Waals surface area contributed by atoms with E-state index in [-0.39, 0.29) is 21.4 Å². The molecule has 4 aromatic carbocycles. The van der Waals surface area contributed by atoms with Crippen LogP contribution in [0, 0.1) is 6.92 Å². The molecule has 9 nitrogen and oxygen atoms in total. The largest absolute Gasteiger partial charge is 0.508 e. The topological polar surface area (TPSA) is 142 Å². The third-order valence-corrected chi connectivity index (χ3v) is 9.41. The molecule has 230 valence electrons. The Kier molecular flexibility index (Phi) is 9.50. The normalized spacial score (nSPS) is 11.1. The summed E-state index contributed by atoms with van der Waals surface area (Å²) in [6.45, 7) is 2.61. The van der Waals surface area contributed by atoms with Crippen molar-refractivity contribution in [1.29, 1.82) is 0 Å².